The minimum atomic E-state index is -1.61. The van der Waals surface area contributed by atoms with Crippen LogP contribution in [0.15, 0.2) is 16.7 Å². The highest BCUT2D eigenvalue weighted by Crippen LogP contribution is 2.13. The number of hydrogen-bond acceptors (Lipinski definition) is 1. The van der Waals surface area contributed by atoms with Crippen LogP contribution in [0.2, 0.25) is 19.6 Å². The third-order valence-corrected chi connectivity index (χ3v) is 4.61. The van der Waals surface area contributed by atoms with E-state index in [0.29, 0.717) is 0 Å². The van der Waals surface area contributed by atoms with E-state index >= 15 is 0 Å². The molecule has 0 bridgehead atoms. The SMILES string of the molecule is C[Si](C)(C)c1c(Br)ccnc1F. The van der Waals surface area contributed by atoms with Crippen molar-refractivity contribution in [1.82, 2.24) is 4.98 Å². The first-order chi connectivity index (χ1) is 5.43. The highest BCUT2D eigenvalue weighted by Gasteiger charge is 2.23. The van der Waals surface area contributed by atoms with E-state index in [4.69, 9.17) is 0 Å². The smallest absolute Gasteiger partial charge is 0.213 e. The molecule has 4 heteroatoms. The number of hydrogen-bond donors (Lipinski definition) is 0. The molecule has 1 aromatic heterocycles. The van der Waals surface area contributed by atoms with Crippen molar-refractivity contribution in [1.29, 1.82) is 0 Å². The highest BCUT2D eigenvalue weighted by atomic mass is 79.9. The molecule has 0 aliphatic carbocycles. The summed E-state index contributed by atoms with van der Waals surface area (Å²) in [5.74, 6) is -0.330. The number of aromatic nitrogens is 1. The van der Waals surface area contributed by atoms with Crippen molar-refractivity contribution in [2.75, 3.05) is 0 Å². The topological polar surface area (TPSA) is 12.9 Å². The maximum absolute atomic E-state index is 13.2. The number of nitrogens with zero attached hydrogens (tertiary/aromatic N) is 1. The molecule has 0 N–H and O–H groups in total. The lowest BCUT2D eigenvalue weighted by Crippen LogP contribution is -2.41. The van der Waals surface area contributed by atoms with E-state index in [1.807, 2.05) is 0 Å². The molecule has 0 spiro atoms. The predicted molar refractivity (Wildman–Crippen MR) is 54.9 cm³/mol. The Bertz CT molecular complexity index is 275. The molecule has 0 unspecified atom stereocenters. The van der Waals surface area contributed by atoms with Gasteiger partial charge in [-0.3, -0.25) is 0 Å². The van der Waals surface area contributed by atoms with Crippen LogP contribution in [0.1, 0.15) is 0 Å². The van der Waals surface area contributed by atoms with Crippen molar-refractivity contribution in [3.8, 4) is 0 Å². The summed E-state index contributed by atoms with van der Waals surface area (Å²) in [6, 6.07) is 1.79. The summed E-state index contributed by atoms with van der Waals surface area (Å²) in [4.78, 5) is 3.64. The van der Waals surface area contributed by atoms with E-state index in [1.54, 1.807) is 6.07 Å². The van der Waals surface area contributed by atoms with E-state index in [1.165, 1.54) is 6.20 Å². The maximum atomic E-state index is 13.2. The predicted octanol–water partition coefficient (Wildman–Crippen LogP) is 2.53. The van der Waals surface area contributed by atoms with Gasteiger partial charge in [0.15, 0.2) is 0 Å². The fourth-order valence-electron chi connectivity index (χ4n) is 1.08. The Morgan fingerprint density at radius 1 is 1.42 bits per heavy atom. The number of pyridine rings is 1. The van der Waals surface area contributed by atoms with Gasteiger partial charge in [0, 0.05) is 15.9 Å². The number of halogens is 2. The molecule has 1 rings (SSSR count). The highest BCUT2D eigenvalue weighted by molar-refractivity contribution is 9.10. The molecule has 0 saturated carbocycles. The first-order valence-corrected chi connectivity index (χ1v) is 8.02. The van der Waals surface area contributed by atoms with Crippen LogP contribution in [0.25, 0.3) is 0 Å². The van der Waals surface area contributed by atoms with E-state index in [2.05, 4.69) is 40.6 Å². The molecule has 12 heavy (non-hydrogen) atoms. The quantitative estimate of drug-likeness (QED) is 0.549. The normalized spacial score (nSPS) is 11.8. The molecule has 0 saturated heterocycles. The fraction of sp³-hybridized carbons (Fsp3) is 0.375. The summed E-state index contributed by atoms with van der Waals surface area (Å²) in [6.07, 6.45) is 1.48. The van der Waals surface area contributed by atoms with Crippen LogP contribution in [0.3, 0.4) is 0 Å². The summed E-state index contributed by atoms with van der Waals surface area (Å²) in [7, 11) is -1.61. The van der Waals surface area contributed by atoms with Crippen LogP contribution in [0.4, 0.5) is 4.39 Å². The van der Waals surface area contributed by atoms with Crippen LogP contribution in [0, 0.1) is 5.95 Å². The van der Waals surface area contributed by atoms with Gasteiger partial charge >= 0.3 is 0 Å². The van der Waals surface area contributed by atoms with Gasteiger partial charge in [0.1, 0.15) is 0 Å². The summed E-state index contributed by atoms with van der Waals surface area (Å²) in [6.45, 7) is 6.29. The van der Waals surface area contributed by atoms with Crippen LogP contribution >= 0.6 is 15.9 Å². The fourth-order valence-corrected chi connectivity index (χ4v) is 4.63. The van der Waals surface area contributed by atoms with Crippen molar-refractivity contribution in [3.63, 3.8) is 0 Å². The van der Waals surface area contributed by atoms with Crippen LogP contribution < -0.4 is 5.19 Å². The lowest BCUT2D eigenvalue weighted by molar-refractivity contribution is 0.591. The van der Waals surface area contributed by atoms with Crippen molar-refractivity contribution in [3.05, 3.63) is 22.7 Å². The molecule has 1 nitrogen and oxygen atoms in total. The molecule has 1 heterocycles. The average Bonchev–Trinajstić information content (AvgIpc) is 1.82. The standard InChI is InChI=1S/C8H11BrFNSi/c1-12(2,3)7-6(9)4-5-11-8(7)10/h4-5H,1-3H3. The van der Waals surface area contributed by atoms with Gasteiger partial charge in [-0.15, -0.1) is 0 Å². The first-order valence-electron chi connectivity index (χ1n) is 3.73. The lowest BCUT2D eigenvalue weighted by atomic mass is 10.5. The Labute approximate surface area is 81.2 Å². The van der Waals surface area contributed by atoms with Crippen LogP contribution in [0.5, 0.6) is 0 Å². The van der Waals surface area contributed by atoms with Gasteiger partial charge in [-0.1, -0.05) is 35.6 Å². The van der Waals surface area contributed by atoms with Crippen LogP contribution in [-0.4, -0.2) is 13.1 Å². The zero-order valence-corrected chi connectivity index (χ0v) is 9.94. The van der Waals surface area contributed by atoms with Gasteiger partial charge in [-0.25, -0.2) is 4.98 Å². The molecule has 0 radical (unpaired) electrons. The lowest BCUT2D eigenvalue weighted by Gasteiger charge is -2.17. The van der Waals surface area contributed by atoms with E-state index in [0.717, 1.165) is 9.66 Å². The molecule has 0 aliphatic heterocycles. The van der Waals surface area contributed by atoms with Gasteiger partial charge < -0.3 is 0 Å². The van der Waals surface area contributed by atoms with E-state index < -0.39 is 8.07 Å². The Morgan fingerprint density at radius 3 is 2.33 bits per heavy atom. The first kappa shape index (κ1) is 9.86. The molecular weight excluding hydrogens is 237 g/mol. The second-order valence-electron chi connectivity index (χ2n) is 3.71. The molecule has 1 aromatic rings. The molecule has 0 aliphatic rings. The Kier molecular flexibility index (Phi) is 2.68. The van der Waals surface area contributed by atoms with Gasteiger partial charge in [-0.2, -0.15) is 4.39 Å². The molecule has 0 aromatic carbocycles. The minimum Gasteiger partial charge on any atom is -0.228 e. The van der Waals surface area contributed by atoms with Gasteiger partial charge in [0.2, 0.25) is 5.95 Å². The van der Waals surface area contributed by atoms with Crippen molar-refractivity contribution < 1.29 is 4.39 Å². The van der Waals surface area contributed by atoms with Crippen molar-refractivity contribution >= 4 is 29.2 Å². The molecule has 66 valence electrons. The summed E-state index contributed by atoms with van der Waals surface area (Å²) >= 11 is 3.34. The van der Waals surface area contributed by atoms with Gasteiger partial charge in [0.05, 0.1) is 8.07 Å². The van der Waals surface area contributed by atoms with E-state index in [9.17, 15) is 4.39 Å². The van der Waals surface area contributed by atoms with Gasteiger partial charge in [0.25, 0.3) is 0 Å². The zero-order chi connectivity index (χ0) is 9.35. The maximum Gasteiger partial charge on any atom is 0.213 e. The Morgan fingerprint density at radius 2 is 2.00 bits per heavy atom. The summed E-state index contributed by atoms with van der Waals surface area (Å²) in [5.41, 5.74) is 0. The molecule has 0 fully saturated rings. The second kappa shape index (κ2) is 3.26. The van der Waals surface area contributed by atoms with Gasteiger partial charge in [-0.05, 0) is 6.07 Å². The molecule has 0 amide bonds. The van der Waals surface area contributed by atoms with E-state index in [-0.39, 0.29) is 5.95 Å². The zero-order valence-electron chi connectivity index (χ0n) is 7.36. The van der Waals surface area contributed by atoms with Crippen LogP contribution in [-0.2, 0) is 0 Å². The monoisotopic (exact) mass is 247 g/mol. The molecular formula is C8H11BrFNSi. The van der Waals surface area contributed by atoms with Crippen molar-refractivity contribution in [2.24, 2.45) is 0 Å². The molecule has 0 atom stereocenters. The average molecular weight is 248 g/mol. The second-order valence-corrected chi connectivity index (χ2v) is 9.56. The minimum absolute atomic E-state index is 0.330. The largest absolute Gasteiger partial charge is 0.228 e. The summed E-state index contributed by atoms with van der Waals surface area (Å²) in [5, 5.41) is 0.769. The van der Waals surface area contributed by atoms with Crippen molar-refractivity contribution in [2.45, 2.75) is 19.6 Å². The number of rotatable bonds is 1. The summed E-state index contributed by atoms with van der Waals surface area (Å²) < 4.78 is 14.1. The third-order valence-electron chi connectivity index (χ3n) is 1.60. The Balaban J connectivity index is 3.31. The Hall–Kier alpha value is -0.223. The third kappa shape index (κ3) is 1.93.